The molecule has 1 N–H and O–H groups in total. The van der Waals surface area contributed by atoms with Crippen molar-refractivity contribution in [2.45, 2.75) is 46.1 Å². The summed E-state index contributed by atoms with van der Waals surface area (Å²) >= 11 is 0. The molecule has 3 nitrogen and oxygen atoms in total. The number of carbonyl (C=O) groups excluding carboxylic acids is 1. The molecule has 0 aromatic carbocycles. The first kappa shape index (κ1) is 11.5. The minimum Gasteiger partial charge on any atom is -0.460 e. The summed E-state index contributed by atoms with van der Waals surface area (Å²) in [5.74, 6) is -0.0687. The van der Waals surface area contributed by atoms with E-state index in [1.165, 1.54) is 0 Å². The van der Waals surface area contributed by atoms with Crippen LogP contribution in [0.15, 0.2) is 0 Å². The van der Waals surface area contributed by atoms with Gasteiger partial charge in [-0.1, -0.05) is 6.92 Å². The van der Waals surface area contributed by atoms with E-state index in [-0.39, 0.29) is 17.0 Å². The molecule has 0 bridgehead atoms. The molecule has 0 atom stereocenters. The van der Waals surface area contributed by atoms with E-state index >= 15 is 0 Å². The molecule has 0 aliphatic carbocycles. The first-order chi connectivity index (χ1) is 6.37. The Morgan fingerprint density at radius 2 is 2.00 bits per heavy atom. The van der Waals surface area contributed by atoms with Crippen molar-refractivity contribution in [1.29, 1.82) is 0 Å². The van der Waals surface area contributed by atoms with E-state index < -0.39 is 0 Å². The summed E-state index contributed by atoms with van der Waals surface area (Å²) in [6.45, 7) is 9.74. The van der Waals surface area contributed by atoms with Crippen LogP contribution in [-0.2, 0) is 9.53 Å². The zero-order valence-electron chi connectivity index (χ0n) is 9.64. The summed E-state index contributed by atoms with van der Waals surface area (Å²) in [7, 11) is 0. The van der Waals surface area contributed by atoms with E-state index in [0.29, 0.717) is 6.42 Å². The summed E-state index contributed by atoms with van der Waals surface area (Å²) < 4.78 is 5.30. The molecule has 3 heteroatoms. The van der Waals surface area contributed by atoms with Gasteiger partial charge in [-0.3, -0.25) is 4.79 Å². The predicted molar refractivity (Wildman–Crippen MR) is 56.1 cm³/mol. The van der Waals surface area contributed by atoms with Gasteiger partial charge in [0.15, 0.2) is 0 Å². The van der Waals surface area contributed by atoms with Crippen molar-refractivity contribution >= 4 is 5.97 Å². The van der Waals surface area contributed by atoms with Gasteiger partial charge in [0.05, 0.1) is 6.42 Å². The highest BCUT2D eigenvalue weighted by atomic mass is 16.6. The molecule has 0 aromatic rings. The van der Waals surface area contributed by atoms with Gasteiger partial charge in [0.2, 0.25) is 0 Å². The Hall–Kier alpha value is -0.570. The van der Waals surface area contributed by atoms with Crippen molar-refractivity contribution in [1.82, 2.24) is 5.32 Å². The minimum atomic E-state index is -0.358. The molecule has 14 heavy (non-hydrogen) atoms. The van der Waals surface area contributed by atoms with Gasteiger partial charge in [-0.05, 0) is 27.2 Å². The Kier molecular flexibility index (Phi) is 3.20. The third-order valence-corrected chi connectivity index (χ3v) is 2.69. The van der Waals surface area contributed by atoms with Gasteiger partial charge in [0, 0.05) is 18.5 Å². The van der Waals surface area contributed by atoms with Crippen molar-refractivity contribution in [3.63, 3.8) is 0 Å². The zero-order valence-corrected chi connectivity index (χ0v) is 9.64. The van der Waals surface area contributed by atoms with Crippen molar-refractivity contribution in [2.75, 3.05) is 13.1 Å². The maximum Gasteiger partial charge on any atom is 0.306 e. The molecule has 0 spiro atoms. The Labute approximate surface area is 86.2 Å². The second-order valence-corrected chi connectivity index (χ2v) is 5.22. The van der Waals surface area contributed by atoms with E-state index in [1.54, 1.807) is 0 Å². The van der Waals surface area contributed by atoms with Crippen LogP contribution in [0.5, 0.6) is 0 Å². The van der Waals surface area contributed by atoms with Crippen molar-refractivity contribution in [3.8, 4) is 0 Å². The fourth-order valence-corrected chi connectivity index (χ4v) is 1.66. The molecule has 0 radical (unpaired) electrons. The first-order valence-electron chi connectivity index (χ1n) is 5.29. The van der Waals surface area contributed by atoms with E-state index in [2.05, 4.69) is 12.2 Å². The summed E-state index contributed by atoms with van der Waals surface area (Å²) in [5, 5.41) is 3.21. The Balaban J connectivity index is 2.40. The molecular formula is C11H21NO2. The van der Waals surface area contributed by atoms with Gasteiger partial charge in [0.25, 0.3) is 0 Å². The molecule has 0 aromatic heterocycles. The number of esters is 1. The fourth-order valence-electron chi connectivity index (χ4n) is 1.66. The van der Waals surface area contributed by atoms with Gasteiger partial charge >= 0.3 is 5.97 Å². The Morgan fingerprint density at radius 3 is 2.29 bits per heavy atom. The average Bonchev–Trinajstić information content (AvgIpc) is 1.93. The molecule has 1 aliphatic rings. The van der Waals surface area contributed by atoms with Crippen molar-refractivity contribution < 1.29 is 9.53 Å². The normalized spacial score (nSPS) is 20.0. The third kappa shape index (κ3) is 2.98. The lowest BCUT2D eigenvalue weighted by Crippen LogP contribution is -2.54. The van der Waals surface area contributed by atoms with Crippen LogP contribution < -0.4 is 5.32 Å². The van der Waals surface area contributed by atoms with Crippen molar-refractivity contribution in [3.05, 3.63) is 0 Å². The maximum atomic E-state index is 11.6. The molecule has 0 saturated carbocycles. The number of carbonyl (C=O) groups is 1. The van der Waals surface area contributed by atoms with Gasteiger partial charge < -0.3 is 10.1 Å². The summed E-state index contributed by atoms with van der Waals surface area (Å²) in [6.07, 6.45) is 1.59. The summed E-state index contributed by atoms with van der Waals surface area (Å²) in [6, 6.07) is 0. The second kappa shape index (κ2) is 3.89. The molecule has 1 saturated heterocycles. The summed E-state index contributed by atoms with van der Waals surface area (Å²) in [4.78, 5) is 11.6. The molecule has 82 valence electrons. The largest absolute Gasteiger partial charge is 0.460 e. The Bertz CT molecular complexity index is 208. The molecule has 1 aliphatic heterocycles. The monoisotopic (exact) mass is 199 g/mol. The molecule has 1 heterocycles. The van der Waals surface area contributed by atoms with Crippen LogP contribution >= 0.6 is 0 Å². The van der Waals surface area contributed by atoms with Crippen LogP contribution in [0.2, 0.25) is 0 Å². The maximum absolute atomic E-state index is 11.6. The molecule has 0 amide bonds. The van der Waals surface area contributed by atoms with Gasteiger partial charge in [-0.15, -0.1) is 0 Å². The number of hydrogen-bond acceptors (Lipinski definition) is 3. The highest BCUT2D eigenvalue weighted by molar-refractivity contribution is 5.71. The van der Waals surface area contributed by atoms with Crippen LogP contribution in [-0.4, -0.2) is 24.7 Å². The van der Waals surface area contributed by atoms with E-state index in [4.69, 9.17) is 4.74 Å². The minimum absolute atomic E-state index is 0.0687. The van der Waals surface area contributed by atoms with Gasteiger partial charge in [-0.2, -0.15) is 0 Å². The Morgan fingerprint density at radius 1 is 1.43 bits per heavy atom. The molecule has 1 rings (SSSR count). The number of hydrogen-bond donors (Lipinski definition) is 1. The van der Waals surface area contributed by atoms with Gasteiger partial charge in [0.1, 0.15) is 5.60 Å². The van der Waals surface area contributed by atoms with E-state index in [1.807, 2.05) is 20.8 Å². The van der Waals surface area contributed by atoms with Crippen molar-refractivity contribution in [2.24, 2.45) is 5.41 Å². The summed E-state index contributed by atoms with van der Waals surface area (Å²) in [5.41, 5.74) is -0.189. The van der Waals surface area contributed by atoms with E-state index in [9.17, 15) is 4.79 Å². The lowest BCUT2D eigenvalue weighted by molar-refractivity contribution is -0.158. The topological polar surface area (TPSA) is 38.3 Å². The smallest absolute Gasteiger partial charge is 0.306 e. The SMILES string of the molecule is CCC1(CC(=O)OC(C)(C)C)CNC1. The van der Waals surface area contributed by atoms with Crippen LogP contribution in [0.3, 0.4) is 0 Å². The highest BCUT2D eigenvalue weighted by Crippen LogP contribution is 2.31. The standard InChI is InChI=1S/C11H21NO2/c1-5-11(7-12-8-11)6-9(13)14-10(2,3)4/h12H,5-8H2,1-4H3. The van der Waals surface area contributed by atoms with Crippen LogP contribution in [0, 0.1) is 5.41 Å². The predicted octanol–water partition coefficient (Wildman–Crippen LogP) is 1.72. The van der Waals surface area contributed by atoms with Crippen LogP contribution in [0.25, 0.3) is 0 Å². The molecule has 1 fully saturated rings. The van der Waals surface area contributed by atoms with Crippen LogP contribution in [0.1, 0.15) is 40.5 Å². The quantitative estimate of drug-likeness (QED) is 0.703. The average molecular weight is 199 g/mol. The highest BCUT2D eigenvalue weighted by Gasteiger charge is 2.38. The molecular weight excluding hydrogens is 178 g/mol. The lowest BCUT2D eigenvalue weighted by Gasteiger charge is -2.41. The fraction of sp³-hybridized carbons (Fsp3) is 0.909. The van der Waals surface area contributed by atoms with Gasteiger partial charge in [-0.25, -0.2) is 0 Å². The third-order valence-electron chi connectivity index (χ3n) is 2.69. The number of nitrogens with one attached hydrogen (secondary N) is 1. The molecule has 0 unspecified atom stereocenters. The van der Waals surface area contributed by atoms with Crippen LogP contribution in [0.4, 0.5) is 0 Å². The number of ether oxygens (including phenoxy) is 1. The zero-order chi connectivity index (χ0) is 10.8. The van der Waals surface area contributed by atoms with E-state index in [0.717, 1.165) is 19.5 Å². The second-order valence-electron chi connectivity index (χ2n) is 5.22. The number of rotatable bonds is 3. The lowest BCUT2D eigenvalue weighted by atomic mass is 9.76. The first-order valence-corrected chi connectivity index (χ1v) is 5.29.